The second-order valence-corrected chi connectivity index (χ2v) is 4.83. The zero-order valence-corrected chi connectivity index (χ0v) is 12.9. The number of anilines is 2. The van der Waals surface area contributed by atoms with Gasteiger partial charge in [-0.15, -0.1) is 0 Å². The average molecular weight is 299 g/mol. The molecule has 0 radical (unpaired) electrons. The molecule has 3 rings (SSSR count). The molecule has 1 aromatic carbocycles. The summed E-state index contributed by atoms with van der Waals surface area (Å²) >= 11 is 0. The van der Waals surface area contributed by atoms with Crippen molar-refractivity contribution in [2.75, 3.05) is 19.5 Å². The molecule has 7 nitrogen and oxygen atoms in total. The largest absolute Gasteiger partial charge is 0.497 e. The summed E-state index contributed by atoms with van der Waals surface area (Å²) in [6.45, 7) is 3.93. The van der Waals surface area contributed by atoms with Gasteiger partial charge in [-0.1, -0.05) is 0 Å². The normalized spacial score (nSPS) is 10.7. The molecule has 2 aromatic heterocycles. The van der Waals surface area contributed by atoms with Gasteiger partial charge < -0.3 is 14.8 Å². The Hall–Kier alpha value is -2.83. The lowest BCUT2D eigenvalue weighted by atomic mass is 10.2. The smallest absolute Gasteiger partial charge is 0.254 e. The van der Waals surface area contributed by atoms with Gasteiger partial charge in [0.25, 0.3) is 5.78 Å². The minimum absolute atomic E-state index is 0.554. The highest BCUT2D eigenvalue weighted by Crippen LogP contribution is 2.32. The van der Waals surface area contributed by atoms with Crippen LogP contribution in [-0.2, 0) is 0 Å². The number of hydrogen-bond donors (Lipinski definition) is 1. The standard InChI is InChI=1S/C15H17N5O2/c1-9-10(2)18-15-16-8-17-20(15)14(9)19-12-6-5-11(21-3)7-13(12)22-4/h5-8,19H,1-4H3. The molecule has 114 valence electrons. The highest BCUT2D eigenvalue weighted by Gasteiger charge is 2.13. The fourth-order valence-electron chi connectivity index (χ4n) is 2.21. The number of fused-ring (bicyclic) bond motifs is 1. The van der Waals surface area contributed by atoms with Crippen molar-refractivity contribution in [2.45, 2.75) is 13.8 Å². The minimum Gasteiger partial charge on any atom is -0.497 e. The molecule has 0 spiro atoms. The third-order valence-corrected chi connectivity index (χ3v) is 3.57. The first-order valence-corrected chi connectivity index (χ1v) is 6.80. The number of rotatable bonds is 4. The number of methoxy groups -OCH3 is 2. The van der Waals surface area contributed by atoms with Gasteiger partial charge in [0.15, 0.2) is 0 Å². The lowest BCUT2D eigenvalue weighted by molar-refractivity contribution is 0.395. The van der Waals surface area contributed by atoms with Crippen LogP contribution in [0, 0.1) is 13.8 Å². The Morgan fingerprint density at radius 3 is 2.68 bits per heavy atom. The van der Waals surface area contributed by atoms with Crippen molar-refractivity contribution in [1.29, 1.82) is 0 Å². The topological polar surface area (TPSA) is 73.6 Å². The summed E-state index contributed by atoms with van der Waals surface area (Å²) in [5, 5.41) is 7.57. The van der Waals surface area contributed by atoms with Crippen molar-refractivity contribution in [3.05, 3.63) is 35.8 Å². The van der Waals surface area contributed by atoms with E-state index in [2.05, 4.69) is 20.4 Å². The highest BCUT2D eigenvalue weighted by atomic mass is 16.5. The molecule has 0 aliphatic carbocycles. The second kappa shape index (κ2) is 5.51. The Labute approximate surface area is 127 Å². The van der Waals surface area contributed by atoms with Crippen LogP contribution in [0.15, 0.2) is 24.5 Å². The van der Waals surface area contributed by atoms with E-state index in [1.165, 1.54) is 6.33 Å². The SMILES string of the molecule is COc1ccc(Nc2c(C)c(C)nc3ncnn23)c(OC)c1. The molecular weight excluding hydrogens is 282 g/mol. The molecule has 0 amide bonds. The van der Waals surface area contributed by atoms with Gasteiger partial charge in [-0.25, -0.2) is 4.98 Å². The summed E-state index contributed by atoms with van der Waals surface area (Å²) in [5.74, 6) is 2.78. The Morgan fingerprint density at radius 1 is 1.14 bits per heavy atom. The quantitative estimate of drug-likeness (QED) is 0.798. The van der Waals surface area contributed by atoms with Gasteiger partial charge in [0, 0.05) is 17.3 Å². The molecule has 2 heterocycles. The van der Waals surface area contributed by atoms with E-state index in [4.69, 9.17) is 9.47 Å². The highest BCUT2D eigenvalue weighted by molar-refractivity contribution is 5.68. The molecule has 7 heteroatoms. The molecule has 0 aliphatic heterocycles. The Balaban J connectivity index is 2.10. The summed E-state index contributed by atoms with van der Waals surface area (Å²) in [5.41, 5.74) is 2.71. The van der Waals surface area contributed by atoms with E-state index in [-0.39, 0.29) is 0 Å². The fourth-order valence-corrected chi connectivity index (χ4v) is 2.21. The minimum atomic E-state index is 0.554. The molecule has 1 N–H and O–H groups in total. The molecule has 0 atom stereocenters. The zero-order valence-electron chi connectivity index (χ0n) is 12.9. The number of benzene rings is 1. The molecule has 22 heavy (non-hydrogen) atoms. The lowest BCUT2D eigenvalue weighted by Gasteiger charge is -2.15. The van der Waals surface area contributed by atoms with Gasteiger partial charge in [-0.2, -0.15) is 14.6 Å². The maximum atomic E-state index is 5.42. The van der Waals surface area contributed by atoms with Crippen LogP contribution in [0.4, 0.5) is 11.5 Å². The third-order valence-electron chi connectivity index (χ3n) is 3.57. The van der Waals surface area contributed by atoms with Gasteiger partial charge in [0.2, 0.25) is 0 Å². The first-order valence-electron chi connectivity index (χ1n) is 6.80. The van der Waals surface area contributed by atoms with Crippen LogP contribution in [0.1, 0.15) is 11.3 Å². The fraction of sp³-hybridized carbons (Fsp3) is 0.267. The molecule has 3 aromatic rings. The third kappa shape index (κ3) is 2.30. The van der Waals surface area contributed by atoms with Crippen molar-refractivity contribution in [3.63, 3.8) is 0 Å². The van der Waals surface area contributed by atoms with Gasteiger partial charge in [0.05, 0.1) is 19.9 Å². The molecule has 0 fully saturated rings. The average Bonchev–Trinajstić information content (AvgIpc) is 2.99. The van der Waals surface area contributed by atoms with E-state index in [0.717, 1.165) is 28.5 Å². The number of nitrogens with one attached hydrogen (secondary N) is 1. The van der Waals surface area contributed by atoms with Gasteiger partial charge in [-0.05, 0) is 26.0 Å². The van der Waals surface area contributed by atoms with Crippen LogP contribution < -0.4 is 14.8 Å². The first kappa shape index (κ1) is 14.1. The van der Waals surface area contributed by atoms with E-state index in [1.54, 1.807) is 18.7 Å². The summed E-state index contributed by atoms with van der Waals surface area (Å²) in [6.07, 6.45) is 1.48. The predicted octanol–water partition coefficient (Wildman–Crippen LogP) is 2.50. The number of aryl methyl sites for hydroxylation is 1. The summed E-state index contributed by atoms with van der Waals surface area (Å²) in [4.78, 5) is 8.55. The number of aromatic nitrogens is 4. The Kier molecular flexibility index (Phi) is 3.54. The van der Waals surface area contributed by atoms with Crippen molar-refractivity contribution in [1.82, 2.24) is 19.6 Å². The molecule has 0 aliphatic rings. The van der Waals surface area contributed by atoms with Crippen LogP contribution in [0.2, 0.25) is 0 Å². The lowest BCUT2D eigenvalue weighted by Crippen LogP contribution is -2.07. The maximum absolute atomic E-state index is 5.42. The van der Waals surface area contributed by atoms with Crippen LogP contribution in [0.3, 0.4) is 0 Å². The van der Waals surface area contributed by atoms with E-state index >= 15 is 0 Å². The Bertz CT molecular complexity index is 828. The zero-order chi connectivity index (χ0) is 15.7. The summed E-state index contributed by atoms with van der Waals surface area (Å²) in [7, 11) is 3.24. The molecular formula is C15H17N5O2. The van der Waals surface area contributed by atoms with E-state index in [9.17, 15) is 0 Å². The van der Waals surface area contributed by atoms with Crippen LogP contribution in [0.25, 0.3) is 5.78 Å². The van der Waals surface area contributed by atoms with E-state index in [1.807, 2.05) is 32.0 Å². The monoisotopic (exact) mass is 299 g/mol. The molecule has 0 bridgehead atoms. The Morgan fingerprint density at radius 2 is 1.95 bits per heavy atom. The van der Waals surface area contributed by atoms with Crippen LogP contribution in [0.5, 0.6) is 11.5 Å². The van der Waals surface area contributed by atoms with E-state index in [0.29, 0.717) is 11.5 Å². The number of nitrogens with zero attached hydrogens (tertiary/aromatic N) is 4. The summed E-state index contributed by atoms with van der Waals surface area (Å²) in [6, 6.07) is 5.59. The van der Waals surface area contributed by atoms with Gasteiger partial charge >= 0.3 is 0 Å². The predicted molar refractivity (Wildman–Crippen MR) is 83.1 cm³/mol. The van der Waals surface area contributed by atoms with Crippen molar-refractivity contribution in [2.24, 2.45) is 0 Å². The van der Waals surface area contributed by atoms with Crippen LogP contribution >= 0.6 is 0 Å². The van der Waals surface area contributed by atoms with Crippen LogP contribution in [-0.4, -0.2) is 33.8 Å². The molecule has 0 saturated carbocycles. The van der Waals surface area contributed by atoms with Crippen molar-refractivity contribution >= 4 is 17.3 Å². The first-order chi connectivity index (χ1) is 10.6. The van der Waals surface area contributed by atoms with E-state index < -0.39 is 0 Å². The van der Waals surface area contributed by atoms with Gasteiger partial charge in [0.1, 0.15) is 23.6 Å². The molecule has 0 unspecified atom stereocenters. The second-order valence-electron chi connectivity index (χ2n) is 4.83. The number of ether oxygens (including phenoxy) is 2. The van der Waals surface area contributed by atoms with Crippen molar-refractivity contribution < 1.29 is 9.47 Å². The number of hydrogen-bond acceptors (Lipinski definition) is 6. The van der Waals surface area contributed by atoms with Crippen molar-refractivity contribution in [3.8, 4) is 11.5 Å². The van der Waals surface area contributed by atoms with Gasteiger partial charge in [-0.3, -0.25) is 0 Å². The summed E-state index contributed by atoms with van der Waals surface area (Å²) < 4.78 is 12.3. The molecule has 0 saturated heterocycles. The maximum Gasteiger partial charge on any atom is 0.254 e.